The number of H-pyrrole nitrogens is 1. The van der Waals surface area contributed by atoms with Crippen molar-refractivity contribution in [1.82, 2.24) is 15.2 Å². The van der Waals surface area contributed by atoms with Gasteiger partial charge in [-0.25, -0.2) is 4.98 Å². The highest BCUT2D eigenvalue weighted by molar-refractivity contribution is 4.85. The lowest BCUT2D eigenvalue weighted by Crippen LogP contribution is -1.80. The molecule has 1 N–H and O–H groups in total. The maximum atomic E-state index is 4.06. The van der Waals surface area contributed by atoms with Crippen molar-refractivity contribution in [3.05, 3.63) is 11.6 Å². The highest BCUT2D eigenvalue weighted by Gasteiger charge is 1.91. The van der Waals surface area contributed by atoms with E-state index in [1.807, 2.05) is 13.8 Å². The standard InChI is InChI=1S/C5H9N3.C3H8/c1-3-5-6-4(2)7-8-5;1-3-2/h3H2,1-2H3,(H,6,7,8);3H2,1-2H3. The molecule has 0 fully saturated rings. The molecule has 0 saturated carbocycles. The zero-order valence-corrected chi connectivity index (χ0v) is 7.81. The van der Waals surface area contributed by atoms with Gasteiger partial charge in [-0.2, -0.15) is 5.10 Å². The van der Waals surface area contributed by atoms with Gasteiger partial charge in [0.25, 0.3) is 0 Å². The minimum Gasteiger partial charge on any atom is -0.263 e. The van der Waals surface area contributed by atoms with E-state index in [0.29, 0.717) is 0 Å². The number of hydrogen-bond acceptors (Lipinski definition) is 2. The van der Waals surface area contributed by atoms with Crippen molar-refractivity contribution in [3.63, 3.8) is 0 Å². The van der Waals surface area contributed by atoms with Gasteiger partial charge in [0.2, 0.25) is 0 Å². The van der Waals surface area contributed by atoms with Crippen molar-refractivity contribution in [2.75, 3.05) is 0 Å². The number of aromatic amines is 1. The second-order valence-corrected chi connectivity index (χ2v) is 2.40. The fourth-order valence-electron chi connectivity index (χ4n) is 0.547. The van der Waals surface area contributed by atoms with Gasteiger partial charge in [-0.3, -0.25) is 5.10 Å². The monoisotopic (exact) mass is 155 g/mol. The summed E-state index contributed by atoms with van der Waals surface area (Å²) >= 11 is 0. The van der Waals surface area contributed by atoms with Crippen LogP contribution in [0.15, 0.2) is 0 Å². The SMILES string of the molecule is CCC.CCc1n[nH]c(C)n1. The summed E-state index contributed by atoms with van der Waals surface area (Å²) in [6, 6.07) is 0. The van der Waals surface area contributed by atoms with Gasteiger partial charge in [0.1, 0.15) is 11.6 Å². The van der Waals surface area contributed by atoms with Crippen LogP contribution in [0.2, 0.25) is 0 Å². The van der Waals surface area contributed by atoms with Gasteiger partial charge < -0.3 is 0 Å². The molecule has 3 nitrogen and oxygen atoms in total. The smallest absolute Gasteiger partial charge is 0.150 e. The van der Waals surface area contributed by atoms with Gasteiger partial charge in [0.15, 0.2) is 0 Å². The quantitative estimate of drug-likeness (QED) is 0.674. The van der Waals surface area contributed by atoms with Crippen molar-refractivity contribution in [2.45, 2.75) is 40.5 Å². The van der Waals surface area contributed by atoms with E-state index in [4.69, 9.17) is 0 Å². The van der Waals surface area contributed by atoms with Crippen LogP contribution in [0.1, 0.15) is 38.8 Å². The lowest BCUT2D eigenvalue weighted by atomic mass is 10.5. The Morgan fingerprint density at radius 1 is 1.27 bits per heavy atom. The molecule has 0 aliphatic heterocycles. The molecule has 11 heavy (non-hydrogen) atoms. The summed E-state index contributed by atoms with van der Waals surface area (Å²) in [5, 5.41) is 6.66. The molecule has 1 aromatic heterocycles. The lowest BCUT2D eigenvalue weighted by molar-refractivity contribution is 0.945. The largest absolute Gasteiger partial charge is 0.263 e. The van der Waals surface area contributed by atoms with E-state index in [0.717, 1.165) is 18.1 Å². The molecular weight excluding hydrogens is 138 g/mol. The number of nitrogens with zero attached hydrogens (tertiary/aromatic N) is 2. The fourth-order valence-corrected chi connectivity index (χ4v) is 0.547. The first-order chi connectivity index (χ1) is 5.24. The average molecular weight is 155 g/mol. The summed E-state index contributed by atoms with van der Waals surface area (Å²) in [5.74, 6) is 1.78. The zero-order chi connectivity index (χ0) is 8.69. The molecule has 1 aromatic rings. The summed E-state index contributed by atoms with van der Waals surface area (Å²) in [6.45, 7) is 8.18. The molecule has 1 rings (SSSR count). The topological polar surface area (TPSA) is 41.6 Å². The molecule has 0 radical (unpaired) electrons. The van der Waals surface area contributed by atoms with Gasteiger partial charge >= 0.3 is 0 Å². The van der Waals surface area contributed by atoms with E-state index >= 15 is 0 Å². The summed E-state index contributed by atoms with van der Waals surface area (Å²) in [7, 11) is 0. The summed E-state index contributed by atoms with van der Waals surface area (Å²) in [6.07, 6.45) is 2.16. The van der Waals surface area contributed by atoms with Gasteiger partial charge in [-0.15, -0.1) is 0 Å². The van der Waals surface area contributed by atoms with Crippen LogP contribution in [-0.2, 0) is 6.42 Å². The van der Waals surface area contributed by atoms with Crippen LogP contribution in [0.5, 0.6) is 0 Å². The first-order valence-electron chi connectivity index (χ1n) is 4.12. The zero-order valence-electron chi connectivity index (χ0n) is 7.81. The minimum absolute atomic E-state index is 0.891. The van der Waals surface area contributed by atoms with E-state index in [-0.39, 0.29) is 0 Å². The van der Waals surface area contributed by atoms with E-state index in [1.54, 1.807) is 0 Å². The molecule has 1 heterocycles. The summed E-state index contributed by atoms with van der Waals surface area (Å²) in [4.78, 5) is 4.06. The predicted molar refractivity (Wildman–Crippen MR) is 46.5 cm³/mol. The fraction of sp³-hybridized carbons (Fsp3) is 0.750. The Bertz CT molecular complexity index is 181. The highest BCUT2D eigenvalue weighted by atomic mass is 15.2. The van der Waals surface area contributed by atoms with Crippen LogP contribution < -0.4 is 0 Å². The molecular formula is C8H17N3. The Morgan fingerprint density at radius 3 is 2.00 bits per heavy atom. The molecule has 3 heteroatoms. The van der Waals surface area contributed by atoms with E-state index in [2.05, 4.69) is 29.0 Å². The Balaban J connectivity index is 0.000000292. The van der Waals surface area contributed by atoms with Gasteiger partial charge in [0.05, 0.1) is 0 Å². The van der Waals surface area contributed by atoms with E-state index in [9.17, 15) is 0 Å². The van der Waals surface area contributed by atoms with Crippen LogP contribution in [0.4, 0.5) is 0 Å². The van der Waals surface area contributed by atoms with Crippen molar-refractivity contribution < 1.29 is 0 Å². The number of rotatable bonds is 1. The molecule has 0 aliphatic carbocycles. The minimum atomic E-state index is 0.891. The second kappa shape index (κ2) is 5.89. The van der Waals surface area contributed by atoms with Crippen molar-refractivity contribution in [1.29, 1.82) is 0 Å². The maximum absolute atomic E-state index is 4.06. The summed E-state index contributed by atoms with van der Waals surface area (Å²) in [5.41, 5.74) is 0. The van der Waals surface area contributed by atoms with Crippen molar-refractivity contribution in [3.8, 4) is 0 Å². The Labute approximate surface area is 68.2 Å². The first kappa shape index (κ1) is 10.1. The van der Waals surface area contributed by atoms with Gasteiger partial charge in [-0.05, 0) is 6.92 Å². The number of nitrogens with one attached hydrogen (secondary N) is 1. The number of hydrogen-bond donors (Lipinski definition) is 1. The van der Waals surface area contributed by atoms with Crippen LogP contribution in [0.3, 0.4) is 0 Å². The van der Waals surface area contributed by atoms with Gasteiger partial charge in [-0.1, -0.05) is 27.2 Å². The molecule has 0 atom stereocenters. The highest BCUT2D eigenvalue weighted by Crippen LogP contribution is 1.88. The van der Waals surface area contributed by atoms with Crippen molar-refractivity contribution in [2.24, 2.45) is 0 Å². The lowest BCUT2D eigenvalue weighted by Gasteiger charge is -1.76. The molecule has 64 valence electrons. The maximum Gasteiger partial charge on any atom is 0.150 e. The van der Waals surface area contributed by atoms with Crippen LogP contribution in [0, 0.1) is 6.92 Å². The third-order valence-electron chi connectivity index (χ3n) is 0.960. The molecule has 0 bridgehead atoms. The Morgan fingerprint density at radius 2 is 1.82 bits per heavy atom. The Hall–Kier alpha value is -0.860. The molecule has 0 spiro atoms. The van der Waals surface area contributed by atoms with Crippen LogP contribution in [-0.4, -0.2) is 15.2 Å². The molecule has 0 unspecified atom stereocenters. The summed E-state index contributed by atoms with van der Waals surface area (Å²) < 4.78 is 0. The van der Waals surface area contributed by atoms with Gasteiger partial charge in [0, 0.05) is 6.42 Å². The average Bonchev–Trinajstić information content (AvgIpc) is 2.37. The van der Waals surface area contributed by atoms with E-state index < -0.39 is 0 Å². The van der Waals surface area contributed by atoms with Crippen LogP contribution >= 0.6 is 0 Å². The first-order valence-corrected chi connectivity index (χ1v) is 4.12. The van der Waals surface area contributed by atoms with E-state index in [1.165, 1.54) is 6.42 Å². The second-order valence-electron chi connectivity index (χ2n) is 2.40. The normalized spacial score (nSPS) is 8.73. The Kier molecular flexibility index (Phi) is 5.43. The van der Waals surface area contributed by atoms with Crippen LogP contribution in [0.25, 0.3) is 0 Å². The molecule has 0 saturated heterocycles. The van der Waals surface area contributed by atoms with Crippen molar-refractivity contribution >= 4 is 0 Å². The molecule has 0 aliphatic rings. The third-order valence-corrected chi connectivity index (χ3v) is 0.960. The molecule has 0 amide bonds. The molecule has 0 aromatic carbocycles. The third kappa shape index (κ3) is 4.53. The predicted octanol–water partition coefficient (Wildman–Crippen LogP) is 2.09. The number of aromatic nitrogens is 3. The number of aryl methyl sites for hydroxylation is 2.